The highest BCUT2D eigenvalue weighted by molar-refractivity contribution is 6.05. The van der Waals surface area contributed by atoms with Gasteiger partial charge < -0.3 is 14.4 Å². The van der Waals surface area contributed by atoms with Gasteiger partial charge in [-0.15, -0.1) is 0 Å². The molecule has 148 valence electrons. The zero-order valence-electron chi connectivity index (χ0n) is 16.4. The van der Waals surface area contributed by atoms with Crippen LogP contribution in [0.5, 0.6) is 0 Å². The van der Waals surface area contributed by atoms with Crippen LogP contribution in [-0.4, -0.2) is 38.9 Å². The summed E-state index contributed by atoms with van der Waals surface area (Å²) in [5.74, 6) is -0.0596. The Balaban J connectivity index is 1.29. The number of anilines is 1. The fourth-order valence-corrected chi connectivity index (χ4v) is 6.22. The van der Waals surface area contributed by atoms with E-state index < -0.39 is 5.79 Å². The minimum Gasteiger partial charge on any atom is -0.338 e. The zero-order chi connectivity index (χ0) is 18.8. The Kier molecular flexibility index (Phi) is 3.78. The monoisotopic (exact) mass is 381 g/mol. The molecule has 0 unspecified atom stereocenters. The second-order valence-corrected chi connectivity index (χ2v) is 9.47. The third-order valence-electron chi connectivity index (χ3n) is 7.77. The third-order valence-corrected chi connectivity index (χ3v) is 7.77. The average molecular weight is 381 g/mol. The predicted molar refractivity (Wildman–Crippen MR) is 105 cm³/mol. The number of piperidine rings is 1. The van der Waals surface area contributed by atoms with Crippen molar-refractivity contribution in [3.8, 4) is 0 Å². The summed E-state index contributed by atoms with van der Waals surface area (Å²) in [5, 5.41) is 0. The van der Waals surface area contributed by atoms with Crippen molar-refractivity contribution in [2.75, 3.05) is 37.9 Å². The van der Waals surface area contributed by atoms with Crippen molar-refractivity contribution in [1.82, 2.24) is 0 Å². The molecule has 5 aliphatic rings. The number of rotatable bonds is 2. The van der Waals surface area contributed by atoms with E-state index in [-0.39, 0.29) is 11.3 Å². The zero-order valence-corrected chi connectivity index (χ0v) is 16.4. The molecule has 2 spiro atoms. The smallest absolute Gasteiger partial charge is 0.296 e. The highest BCUT2D eigenvalue weighted by atomic mass is 16.7. The maximum atomic E-state index is 13.6. The molecule has 2 saturated heterocycles. The van der Waals surface area contributed by atoms with E-state index in [1.807, 2.05) is 29.2 Å². The van der Waals surface area contributed by atoms with Gasteiger partial charge in [0, 0.05) is 11.0 Å². The molecule has 28 heavy (non-hydrogen) atoms. The van der Waals surface area contributed by atoms with Crippen molar-refractivity contribution >= 4 is 11.6 Å². The van der Waals surface area contributed by atoms with Crippen molar-refractivity contribution in [2.45, 2.75) is 37.9 Å². The number of fused-ring (bicyclic) bond motifs is 5. The molecule has 2 atom stereocenters. The summed E-state index contributed by atoms with van der Waals surface area (Å²) in [4.78, 5) is 17.0. The van der Waals surface area contributed by atoms with Crippen LogP contribution in [0.1, 0.15) is 37.7 Å². The van der Waals surface area contributed by atoms with Crippen molar-refractivity contribution in [1.29, 1.82) is 0 Å². The largest absolute Gasteiger partial charge is 0.338 e. The molecule has 5 heteroatoms. The number of hydrogen-bond acceptors (Lipinski definition) is 3. The Morgan fingerprint density at radius 1 is 1.07 bits per heavy atom. The summed E-state index contributed by atoms with van der Waals surface area (Å²) in [5.41, 5.74) is 1.92. The number of quaternary nitrogens is 1. The molecule has 1 amide bonds. The number of carbonyl (C=O) groups is 1. The van der Waals surface area contributed by atoms with E-state index in [9.17, 15) is 4.79 Å². The summed E-state index contributed by atoms with van der Waals surface area (Å²) in [6.07, 6.45) is 10.8. The lowest BCUT2D eigenvalue weighted by atomic mass is 9.76. The number of para-hydroxylation sites is 1. The first-order chi connectivity index (χ1) is 13.7. The van der Waals surface area contributed by atoms with Crippen LogP contribution < -0.4 is 9.80 Å². The quantitative estimate of drug-likeness (QED) is 0.795. The lowest BCUT2D eigenvalue weighted by Gasteiger charge is -2.45. The Labute approximate surface area is 166 Å². The van der Waals surface area contributed by atoms with Crippen molar-refractivity contribution in [3.05, 3.63) is 42.0 Å². The predicted octanol–water partition coefficient (Wildman–Crippen LogP) is 1.84. The molecule has 1 aromatic rings. The number of allylic oxidation sites excluding steroid dienone is 2. The Morgan fingerprint density at radius 2 is 1.86 bits per heavy atom. The van der Waals surface area contributed by atoms with Crippen LogP contribution in [0.25, 0.3) is 0 Å². The van der Waals surface area contributed by atoms with Gasteiger partial charge in [-0.2, -0.15) is 0 Å². The van der Waals surface area contributed by atoms with Gasteiger partial charge in [-0.1, -0.05) is 30.4 Å². The summed E-state index contributed by atoms with van der Waals surface area (Å²) in [6.45, 7) is 4.22. The SMILES string of the molecule is O=C1N(C[NH+]2CCCCC2)c2ccccc2C12OCC1(CO2)C[C@@H]2C=C[C@@H]1C2. The van der Waals surface area contributed by atoms with Crippen LogP contribution in [0.2, 0.25) is 0 Å². The Hall–Kier alpha value is -1.69. The number of nitrogens with zero attached hydrogens (tertiary/aromatic N) is 1. The van der Waals surface area contributed by atoms with Gasteiger partial charge in [-0.25, -0.2) is 0 Å². The van der Waals surface area contributed by atoms with Gasteiger partial charge in [0.1, 0.15) is 0 Å². The highest BCUT2D eigenvalue weighted by Gasteiger charge is 2.61. The summed E-state index contributed by atoms with van der Waals surface area (Å²) in [6, 6.07) is 8.05. The Bertz CT molecular complexity index is 821. The lowest BCUT2D eigenvalue weighted by molar-refractivity contribution is -0.903. The fraction of sp³-hybridized carbons (Fsp3) is 0.609. The minimum atomic E-state index is -1.23. The molecule has 0 radical (unpaired) electrons. The number of amides is 1. The average Bonchev–Trinajstić information content (AvgIpc) is 3.40. The first-order valence-corrected chi connectivity index (χ1v) is 10.9. The first-order valence-electron chi connectivity index (χ1n) is 10.9. The summed E-state index contributed by atoms with van der Waals surface area (Å²) in [7, 11) is 0. The van der Waals surface area contributed by atoms with Crippen LogP contribution in [0.15, 0.2) is 36.4 Å². The molecule has 5 nitrogen and oxygen atoms in total. The van der Waals surface area contributed by atoms with Gasteiger partial charge in [0.25, 0.3) is 11.7 Å². The van der Waals surface area contributed by atoms with Crippen molar-refractivity contribution in [2.24, 2.45) is 17.3 Å². The van der Waals surface area contributed by atoms with Crippen LogP contribution in [0, 0.1) is 17.3 Å². The molecular weight excluding hydrogens is 352 g/mol. The van der Waals surface area contributed by atoms with Crippen LogP contribution in [-0.2, 0) is 20.1 Å². The van der Waals surface area contributed by atoms with Gasteiger partial charge in [-0.3, -0.25) is 9.69 Å². The topological polar surface area (TPSA) is 43.2 Å². The van der Waals surface area contributed by atoms with Gasteiger partial charge >= 0.3 is 0 Å². The van der Waals surface area contributed by atoms with Gasteiger partial charge in [0.05, 0.1) is 32.0 Å². The van der Waals surface area contributed by atoms with Crippen LogP contribution in [0.4, 0.5) is 5.69 Å². The Morgan fingerprint density at radius 3 is 2.57 bits per heavy atom. The lowest BCUT2D eigenvalue weighted by Crippen LogP contribution is -3.14. The standard InChI is InChI=1S/C23H28N2O3/c26-21-23(27-14-22(15-28-23)13-17-8-9-18(22)12-17)19-6-2-3-7-20(19)25(21)16-24-10-4-1-5-11-24/h2-3,6-9,17-18H,1,4-5,10-16H2/p+1/t17-,18-,22?,23?/m1/s1. The molecule has 2 aliphatic carbocycles. The van der Waals surface area contributed by atoms with Gasteiger partial charge in [0.2, 0.25) is 0 Å². The molecule has 3 fully saturated rings. The van der Waals surface area contributed by atoms with E-state index in [2.05, 4.69) is 12.2 Å². The number of nitrogens with one attached hydrogen (secondary N) is 1. The molecule has 0 aromatic heterocycles. The first kappa shape index (κ1) is 17.2. The van der Waals surface area contributed by atoms with E-state index in [0.29, 0.717) is 31.7 Å². The van der Waals surface area contributed by atoms with Crippen LogP contribution in [0.3, 0.4) is 0 Å². The minimum absolute atomic E-state index is 0.0275. The summed E-state index contributed by atoms with van der Waals surface area (Å²) >= 11 is 0. The summed E-state index contributed by atoms with van der Waals surface area (Å²) < 4.78 is 12.8. The number of benzene rings is 1. The second kappa shape index (κ2) is 6.15. The molecule has 1 saturated carbocycles. The maximum Gasteiger partial charge on any atom is 0.296 e. The van der Waals surface area contributed by atoms with Crippen molar-refractivity contribution in [3.63, 3.8) is 0 Å². The normalized spacial score (nSPS) is 39.4. The van der Waals surface area contributed by atoms with Crippen molar-refractivity contribution < 1.29 is 19.2 Å². The van der Waals surface area contributed by atoms with Gasteiger partial charge in [0.15, 0.2) is 6.67 Å². The molecule has 3 aliphatic heterocycles. The van der Waals surface area contributed by atoms with E-state index in [1.165, 1.54) is 30.6 Å². The number of likely N-dealkylation sites (tertiary alicyclic amines) is 1. The third kappa shape index (κ3) is 2.33. The highest BCUT2D eigenvalue weighted by Crippen LogP contribution is 2.57. The molecule has 6 rings (SSSR count). The van der Waals surface area contributed by atoms with E-state index >= 15 is 0 Å². The maximum absolute atomic E-state index is 13.6. The number of ether oxygens (including phenoxy) is 2. The molecule has 1 aromatic carbocycles. The molecule has 3 heterocycles. The second-order valence-electron chi connectivity index (χ2n) is 9.47. The number of hydrogen-bond donors (Lipinski definition) is 1. The molecule has 2 bridgehead atoms. The molecule has 1 N–H and O–H groups in total. The van der Waals surface area contributed by atoms with E-state index in [0.717, 1.165) is 30.8 Å². The van der Waals surface area contributed by atoms with Gasteiger partial charge in [-0.05, 0) is 50.0 Å². The van der Waals surface area contributed by atoms with Crippen LogP contribution >= 0.6 is 0 Å². The number of carbonyl (C=O) groups excluding carboxylic acids is 1. The molecular formula is C23H29N2O3+. The van der Waals surface area contributed by atoms with E-state index in [1.54, 1.807) is 0 Å². The fourth-order valence-electron chi connectivity index (χ4n) is 6.22. The van der Waals surface area contributed by atoms with E-state index in [4.69, 9.17) is 9.47 Å².